The summed E-state index contributed by atoms with van der Waals surface area (Å²) in [6.45, 7) is 7.71. The summed E-state index contributed by atoms with van der Waals surface area (Å²) in [5.74, 6) is 2.23. The molecule has 0 bridgehead atoms. The molecule has 1 fully saturated rings. The summed E-state index contributed by atoms with van der Waals surface area (Å²) in [6, 6.07) is 3.82. The van der Waals surface area contributed by atoms with Gasteiger partial charge in [0, 0.05) is 44.2 Å². The average Bonchev–Trinajstić information content (AvgIpc) is 2.70. The second-order valence-electron chi connectivity index (χ2n) is 5.87. The molecule has 1 saturated heterocycles. The number of piperazine rings is 1. The molecule has 26 heavy (non-hydrogen) atoms. The number of methoxy groups -OCH3 is 2. The van der Waals surface area contributed by atoms with Gasteiger partial charge in [0.25, 0.3) is 0 Å². The van der Waals surface area contributed by atoms with Crippen molar-refractivity contribution in [2.75, 3.05) is 51.8 Å². The number of hydrogen-bond acceptors (Lipinski definition) is 6. The zero-order valence-electron chi connectivity index (χ0n) is 15.1. The molecule has 0 radical (unpaired) electrons. The van der Waals surface area contributed by atoms with Gasteiger partial charge in [-0.05, 0) is 18.3 Å². The van der Waals surface area contributed by atoms with E-state index in [1.807, 2.05) is 12.1 Å². The lowest BCUT2D eigenvalue weighted by atomic mass is 10.2. The van der Waals surface area contributed by atoms with Gasteiger partial charge in [-0.1, -0.05) is 6.08 Å². The van der Waals surface area contributed by atoms with Crippen molar-refractivity contribution in [2.45, 2.75) is 0 Å². The smallest absolute Gasteiger partial charge is 0.169 e. The Morgan fingerprint density at radius 2 is 1.88 bits per heavy atom. The van der Waals surface area contributed by atoms with Crippen LogP contribution in [0, 0.1) is 0 Å². The Bertz CT molecular complexity index is 806. The van der Waals surface area contributed by atoms with E-state index in [0.717, 1.165) is 48.0 Å². The molecule has 1 N–H and O–H groups in total. The highest BCUT2D eigenvalue weighted by molar-refractivity contribution is 7.80. The van der Waals surface area contributed by atoms with Gasteiger partial charge in [0.1, 0.15) is 12.1 Å². The molecular formula is C18H23N5O2S. The fraction of sp³-hybridized carbons (Fsp3) is 0.389. The molecule has 0 aliphatic carbocycles. The monoisotopic (exact) mass is 373 g/mol. The standard InChI is InChI=1S/C18H23N5O2S/c1-4-5-19-18(26)23-8-6-22(7-9-23)17-13-10-15(24-2)16(25-3)11-14(13)20-12-21-17/h4,10-12H,1,5-9H2,2-3H3,(H,19,26). The largest absolute Gasteiger partial charge is 0.493 e. The second kappa shape index (κ2) is 8.18. The van der Waals surface area contributed by atoms with Crippen molar-refractivity contribution in [3.05, 3.63) is 31.1 Å². The molecule has 7 nitrogen and oxygen atoms in total. The fourth-order valence-electron chi connectivity index (χ4n) is 3.01. The molecule has 0 spiro atoms. The topological polar surface area (TPSA) is 62.8 Å². The molecule has 3 rings (SSSR count). The first kappa shape index (κ1) is 18.2. The van der Waals surface area contributed by atoms with Crippen molar-refractivity contribution in [1.82, 2.24) is 20.2 Å². The number of nitrogens with zero attached hydrogens (tertiary/aromatic N) is 4. The number of ether oxygens (including phenoxy) is 2. The number of thiocarbonyl (C=S) groups is 1. The summed E-state index contributed by atoms with van der Waals surface area (Å²) in [7, 11) is 3.25. The van der Waals surface area contributed by atoms with E-state index >= 15 is 0 Å². The first-order chi connectivity index (χ1) is 12.7. The van der Waals surface area contributed by atoms with Crippen LogP contribution in [0.25, 0.3) is 10.9 Å². The zero-order chi connectivity index (χ0) is 18.5. The summed E-state index contributed by atoms with van der Waals surface area (Å²) < 4.78 is 10.8. The van der Waals surface area contributed by atoms with Gasteiger partial charge in [-0.3, -0.25) is 0 Å². The Balaban J connectivity index is 1.81. The molecule has 2 aromatic rings. The van der Waals surface area contributed by atoms with Crippen LogP contribution in [0.3, 0.4) is 0 Å². The van der Waals surface area contributed by atoms with Crippen molar-refractivity contribution in [2.24, 2.45) is 0 Å². The third kappa shape index (κ3) is 3.65. The minimum atomic E-state index is 0.660. The van der Waals surface area contributed by atoms with Crippen molar-refractivity contribution in [1.29, 1.82) is 0 Å². The van der Waals surface area contributed by atoms with E-state index in [2.05, 4.69) is 31.7 Å². The Labute approximate surface area is 158 Å². The van der Waals surface area contributed by atoms with Crippen LogP contribution in [0.4, 0.5) is 5.82 Å². The molecule has 8 heteroatoms. The molecule has 0 amide bonds. The van der Waals surface area contributed by atoms with Gasteiger partial charge in [0.2, 0.25) is 0 Å². The SMILES string of the molecule is C=CCNC(=S)N1CCN(c2ncnc3cc(OC)c(OC)cc23)CC1. The molecule has 0 atom stereocenters. The van der Waals surface area contributed by atoms with Crippen molar-refractivity contribution >= 4 is 34.1 Å². The van der Waals surface area contributed by atoms with Gasteiger partial charge in [-0.15, -0.1) is 6.58 Å². The molecule has 0 saturated carbocycles. The van der Waals surface area contributed by atoms with Gasteiger partial charge in [0.15, 0.2) is 16.6 Å². The molecule has 138 valence electrons. The Kier molecular flexibility index (Phi) is 5.72. The van der Waals surface area contributed by atoms with Crippen LogP contribution in [0.1, 0.15) is 0 Å². The number of fused-ring (bicyclic) bond motifs is 1. The van der Waals surface area contributed by atoms with Crippen LogP contribution in [-0.2, 0) is 0 Å². The van der Waals surface area contributed by atoms with E-state index < -0.39 is 0 Å². The van der Waals surface area contributed by atoms with Gasteiger partial charge in [0.05, 0.1) is 19.7 Å². The lowest BCUT2D eigenvalue weighted by Gasteiger charge is -2.37. The number of rotatable bonds is 5. The summed E-state index contributed by atoms with van der Waals surface area (Å²) >= 11 is 5.42. The Morgan fingerprint density at radius 1 is 1.19 bits per heavy atom. The number of benzene rings is 1. The van der Waals surface area contributed by atoms with Crippen LogP contribution in [-0.4, -0.2) is 66.9 Å². The highest BCUT2D eigenvalue weighted by Gasteiger charge is 2.22. The predicted octanol–water partition coefficient (Wildman–Crippen LogP) is 1.83. The molecule has 1 aromatic heterocycles. The van der Waals surface area contributed by atoms with Crippen LogP contribution in [0.15, 0.2) is 31.1 Å². The normalized spacial score (nSPS) is 14.2. The summed E-state index contributed by atoms with van der Waals surface area (Å²) in [4.78, 5) is 13.3. The lowest BCUT2D eigenvalue weighted by Crippen LogP contribution is -2.52. The highest BCUT2D eigenvalue weighted by atomic mass is 32.1. The van der Waals surface area contributed by atoms with Gasteiger partial charge >= 0.3 is 0 Å². The third-order valence-corrected chi connectivity index (χ3v) is 4.79. The van der Waals surface area contributed by atoms with Crippen LogP contribution in [0.5, 0.6) is 11.5 Å². The molecule has 1 aromatic carbocycles. The maximum Gasteiger partial charge on any atom is 0.169 e. The predicted molar refractivity (Wildman–Crippen MR) is 107 cm³/mol. The van der Waals surface area contributed by atoms with Crippen molar-refractivity contribution in [3.63, 3.8) is 0 Å². The second-order valence-corrected chi connectivity index (χ2v) is 6.26. The lowest BCUT2D eigenvalue weighted by molar-refractivity contribution is 0.355. The molecule has 0 unspecified atom stereocenters. The summed E-state index contributed by atoms with van der Waals surface area (Å²) in [5.41, 5.74) is 0.832. The molecule has 2 heterocycles. The molecular weight excluding hydrogens is 350 g/mol. The van der Waals surface area contributed by atoms with E-state index in [4.69, 9.17) is 21.7 Å². The maximum absolute atomic E-state index is 5.43. The Hall–Kier alpha value is -2.61. The van der Waals surface area contributed by atoms with E-state index in [9.17, 15) is 0 Å². The van der Waals surface area contributed by atoms with Gasteiger partial charge in [-0.2, -0.15) is 0 Å². The van der Waals surface area contributed by atoms with Crippen molar-refractivity contribution < 1.29 is 9.47 Å². The Morgan fingerprint density at radius 3 is 2.54 bits per heavy atom. The molecule has 1 aliphatic rings. The number of anilines is 1. The number of hydrogen-bond donors (Lipinski definition) is 1. The third-order valence-electron chi connectivity index (χ3n) is 4.38. The van der Waals surface area contributed by atoms with E-state index in [0.29, 0.717) is 18.0 Å². The van der Waals surface area contributed by atoms with Crippen LogP contribution in [0.2, 0.25) is 0 Å². The van der Waals surface area contributed by atoms with E-state index in [1.54, 1.807) is 26.6 Å². The van der Waals surface area contributed by atoms with Gasteiger partial charge < -0.3 is 24.6 Å². The average molecular weight is 373 g/mol. The van der Waals surface area contributed by atoms with Crippen LogP contribution < -0.4 is 19.7 Å². The first-order valence-electron chi connectivity index (χ1n) is 8.43. The first-order valence-corrected chi connectivity index (χ1v) is 8.84. The minimum Gasteiger partial charge on any atom is -0.493 e. The zero-order valence-corrected chi connectivity index (χ0v) is 15.9. The fourth-order valence-corrected chi connectivity index (χ4v) is 3.28. The maximum atomic E-state index is 5.43. The summed E-state index contributed by atoms with van der Waals surface area (Å²) in [6.07, 6.45) is 3.39. The number of aromatic nitrogens is 2. The van der Waals surface area contributed by atoms with Crippen LogP contribution >= 0.6 is 12.2 Å². The quantitative estimate of drug-likeness (QED) is 0.629. The highest BCUT2D eigenvalue weighted by Crippen LogP contribution is 2.34. The number of nitrogens with one attached hydrogen (secondary N) is 1. The summed E-state index contributed by atoms with van der Waals surface area (Å²) in [5, 5.41) is 4.90. The molecule has 1 aliphatic heterocycles. The van der Waals surface area contributed by atoms with E-state index in [1.165, 1.54) is 0 Å². The van der Waals surface area contributed by atoms with Crippen molar-refractivity contribution in [3.8, 4) is 11.5 Å². The van der Waals surface area contributed by atoms with E-state index in [-0.39, 0.29) is 0 Å². The minimum absolute atomic E-state index is 0.660. The van der Waals surface area contributed by atoms with Gasteiger partial charge in [-0.25, -0.2) is 9.97 Å².